The Morgan fingerprint density at radius 2 is 2.05 bits per heavy atom. The van der Waals surface area contributed by atoms with Crippen molar-refractivity contribution in [1.82, 2.24) is 19.7 Å². The van der Waals surface area contributed by atoms with E-state index in [1.807, 2.05) is 30.3 Å². The molecule has 0 atom stereocenters. The minimum atomic E-state index is -0.507. The van der Waals surface area contributed by atoms with Crippen molar-refractivity contribution in [3.8, 4) is 11.8 Å². The van der Waals surface area contributed by atoms with Gasteiger partial charge in [0.2, 0.25) is 5.69 Å². The van der Waals surface area contributed by atoms with E-state index in [1.54, 1.807) is 17.7 Å². The topological polar surface area (TPSA) is 87.4 Å². The summed E-state index contributed by atoms with van der Waals surface area (Å²) in [6.45, 7) is 1.79. The fourth-order valence-corrected chi connectivity index (χ4v) is 1.93. The Labute approximate surface area is 108 Å². The van der Waals surface area contributed by atoms with E-state index in [-0.39, 0.29) is 5.69 Å². The molecule has 1 aromatic carbocycles. The molecule has 92 valence electrons. The molecular weight excluding hydrogens is 242 g/mol. The highest BCUT2D eigenvalue weighted by atomic mass is 16.1. The van der Waals surface area contributed by atoms with Crippen LogP contribution in [0.1, 0.15) is 11.4 Å². The Balaban J connectivity index is 2.38. The maximum Gasteiger partial charge on any atom is 0.286 e. The zero-order valence-corrected chi connectivity index (χ0v) is 10.1. The summed E-state index contributed by atoms with van der Waals surface area (Å²) >= 11 is 0. The molecular formula is C13H9N5O. The zero-order chi connectivity index (χ0) is 13.4. The highest BCUT2D eigenvalue weighted by molar-refractivity contribution is 5.75. The maximum absolute atomic E-state index is 11.7. The number of nitriles is 1. The van der Waals surface area contributed by atoms with Gasteiger partial charge in [-0.3, -0.25) is 4.79 Å². The van der Waals surface area contributed by atoms with Crippen LogP contribution in [0, 0.1) is 18.3 Å². The van der Waals surface area contributed by atoms with E-state index in [1.165, 1.54) is 0 Å². The maximum atomic E-state index is 11.7. The number of benzene rings is 1. The Kier molecular flexibility index (Phi) is 2.39. The minimum absolute atomic E-state index is 0.150. The normalized spacial score (nSPS) is 10.5. The highest BCUT2D eigenvalue weighted by Crippen LogP contribution is 2.16. The molecule has 0 saturated carbocycles. The molecule has 0 aliphatic heterocycles. The summed E-state index contributed by atoms with van der Waals surface area (Å²) in [5.41, 5.74) is 1.84. The van der Waals surface area contributed by atoms with E-state index in [2.05, 4.69) is 15.1 Å². The number of hydrogen-bond acceptors (Lipinski definition) is 4. The lowest BCUT2D eigenvalue weighted by Gasteiger charge is -2.01. The van der Waals surface area contributed by atoms with Crippen LogP contribution < -0.4 is 5.56 Å². The largest absolute Gasteiger partial charge is 0.303 e. The van der Waals surface area contributed by atoms with Crippen LogP contribution in [0.25, 0.3) is 16.9 Å². The van der Waals surface area contributed by atoms with E-state index in [0.29, 0.717) is 16.9 Å². The SMILES string of the molecule is Cc1nn(-c2ccccc2)c2[nH]c(=O)c(C#N)nc12. The molecule has 0 aliphatic rings. The molecule has 6 heteroatoms. The summed E-state index contributed by atoms with van der Waals surface area (Å²) in [6.07, 6.45) is 0. The van der Waals surface area contributed by atoms with Crippen LogP contribution in [0.15, 0.2) is 35.1 Å². The molecule has 0 radical (unpaired) electrons. The second-order valence-electron chi connectivity index (χ2n) is 4.06. The first kappa shape index (κ1) is 11.2. The number of H-pyrrole nitrogens is 1. The van der Waals surface area contributed by atoms with Gasteiger partial charge in [-0.2, -0.15) is 10.4 Å². The van der Waals surface area contributed by atoms with Crippen LogP contribution in [0.5, 0.6) is 0 Å². The zero-order valence-electron chi connectivity index (χ0n) is 10.1. The van der Waals surface area contributed by atoms with Crippen LogP contribution >= 0.6 is 0 Å². The average molecular weight is 251 g/mol. The van der Waals surface area contributed by atoms with Crippen LogP contribution in [0.2, 0.25) is 0 Å². The minimum Gasteiger partial charge on any atom is -0.303 e. The molecule has 0 bridgehead atoms. The van der Waals surface area contributed by atoms with Gasteiger partial charge < -0.3 is 4.98 Å². The molecule has 0 fully saturated rings. The fraction of sp³-hybridized carbons (Fsp3) is 0.0769. The van der Waals surface area contributed by atoms with Gasteiger partial charge in [0.25, 0.3) is 5.56 Å². The number of hydrogen-bond donors (Lipinski definition) is 1. The molecule has 19 heavy (non-hydrogen) atoms. The van der Waals surface area contributed by atoms with E-state index in [4.69, 9.17) is 5.26 Å². The van der Waals surface area contributed by atoms with Gasteiger partial charge in [0, 0.05) is 0 Å². The first-order valence-electron chi connectivity index (χ1n) is 5.66. The summed E-state index contributed by atoms with van der Waals surface area (Å²) in [4.78, 5) is 18.4. The third-order valence-electron chi connectivity index (χ3n) is 2.81. The van der Waals surface area contributed by atoms with Crippen molar-refractivity contribution in [2.24, 2.45) is 0 Å². The second kappa shape index (κ2) is 4.07. The third-order valence-corrected chi connectivity index (χ3v) is 2.81. The van der Waals surface area contributed by atoms with E-state index < -0.39 is 5.56 Å². The molecule has 6 nitrogen and oxygen atoms in total. The number of aromatic nitrogens is 4. The molecule has 0 amide bonds. The predicted octanol–water partition coefficient (Wildman–Crippen LogP) is 1.29. The molecule has 0 spiro atoms. The summed E-state index contributed by atoms with van der Waals surface area (Å²) in [5, 5.41) is 13.2. The van der Waals surface area contributed by atoms with Crippen molar-refractivity contribution in [2.75, 3.05) is 0 Å². The van der Waals surface area contributed by atoms with Gasteiger partial charge in [-0.05, 0) is 19.1 Å². The molecule has 2 aromatic heterocycles. The second-order valence-corrected chi connectivity index (χ2v) is 4.06. The van der Waals surface area contributed by atoms with Crippen LogP contribution in [0.3, 0.4) is 0 Å². The summed E-state index contributed by atoms with van der Waals surface area (Å²) in [5.74, 6) is 0. The summed E-state index contributed by atoms with van der Waals surface area (Å²) < 4.78 is 1.61. The smallest absolute Gasteiger partial charge is 0.286 e. The highest BCUT2D eigenvalue weighted by Gasteiger charge is 2.13. The van der Waals surface area contributed by atoms with Gasteiger partial charge in [-0.1, -0.05) is 18.2 Å². The molecule has 0 saturated heterocycles. The number of aryl methyl sites for hydroxylation is 1. The van der Waals surface area contributed by atoms with Crippen molar-refractivity contribution >= 4 is 11.2 Å². The molecule has 3 aromatic rings. The van der Waals surface area contributed by atoms with Crippen molar-refractivity contribution in [2.45, 2.75) is 6.92 Å². The lowest BCUT2D eigenvalue weighted by atomic mass is 10.3. The van der Waals surface area contributed by atoms with E-state index in [0.717, 1.165) is 5.69 Å². The van der Waals surface area contributed by atoms with Gasteiger partial charge in [0.05, 0.1) is 11.4 Å². The summed E-state index contributed by atoms with van der Waals surface area (Å²) in [7, 11) is 0. The van der Waals surface area contributed by atoms with Crippen LogP contribution in [0.4, 0.5) is 0 Å². The molecule has 1 N–H and O–H groups in total. The number of nitrogens with zero attached hydrogens (tertiary/aromatic N) is 4. The lowest BCUT2D eigenvalue weighted by molar-refractivity contribution is 0.875. The first-order chi connectivity index (χ1) is 9.20. The van der Waals surface area contributed by atoms with Gasteiger partial charge in [0.15, 0.2) is 5.65 Å². The Morgan fingerprint density at radius 1 is 1.32 bits per heavy atom. The first-order valence-corrected chi connectivity index (χ1v) is 5.66. The van der Waals surface area contributed by atoms with Crippen molar-refractivity contribution < 1.29 is 0 Å². The summed E-state index contributed by atoms with van der Waals surface area (Å²) in [6, 6.07) is 11.2. The Morgan fingerprint density at radius 3 is 2.74 bits per heavy atom. The number of rotatable bonds is 1. The fourth-order valence-electron chi connectivity index (χ4n) is 1.93. The standard InChI is InChI=1S/C13H9N5O/c1-8-11-12(16-13(19)10(7-14)15-11)18(17-8)9-5-3-2-4-6-9/h2-6H,1H3,(H,16,19). The van der Waals surface area contributed by atoms with Crippen LogP contribution in [-0.2, 0) is 0 Å². The Bertz CT molecular complexity index is 854. The number of para-hydroxylation sites is 1. The third kappa shape index (κ3) is 1.68. The number of aromatic amines is 1. The number of nitrogens with one attached hydrogen (secondary N) is 1. The molecule has 0 aliphatic carbocycles. The molecule has 0 unspecified atom stereocenters. The van der Waals surface area contributed by atoms with Gasteiger partial charge in [-0.25, -0.2) is 9.67 Å². The van der Waals surface area contributed by atoms with Gasteiger partial charge in [-0.15, -0.1) is 0 Å². The van der Waals surface area contributed by atoms with Crippen molar-refractivity contribution in [1.29, 1.82) is 5.26 Å². The van der Waals surface area contributed by atoms with Crippen molar-refractivity contribution in [3.63, 3.8) is 0 Å². The van der Waals surface area contributed by atoms with E-state index >= 15 is 0 Å². The lowest BCUT2D eigenvalue weighted by Crippen LogP contribution is -2.13. The predicted molar refractivity (Wildman–Crippen MR) is 68.9 cm³/mol. The van der Waals surface area contributed by atoms with E-state index in [9.17, 15) is 4.79 Å². The molecule has 2 heterocycles. The van der Waals surface area contributed by atoms with Crippen molar-refractivity contribution in [3.05, 3.63) is 52.1 Å². The molecule has 3 rings (SSSR count). The Hall–Kier alpha value is -2.94. The van der Waals surface area contributed by atoms with Crippen LogP contribution in [-0.4, -0.2) is 19.7 Å². The van der Waals surface area contributed by atoms with Gasteiger partial charge in [0.1, 0.15) is 11.6 Å². The quantitative estimate of drug-likeness (QED) is 0.705. The average Bonchev–Trinajstić information content (AvgIpc) is 2.75. The monoisotopic (exact) mass is 251 g/mol. The van der Waals surface area contributed by atoms with Gasteiger partial charge >= 0.3 is 0 Å². The number of fused-ring (bicyclic) bond motifs is 1.